The molecule has 0 radical (unpaired) electrons. The first kappa shape index (κ1) is 23.6. The Morgan fingerprint density at radius 1 is 1.00 bits per heavy atom. The van der Waals surface area contributed by atoms with Crippen molar-refractivity contribution in [2.75, 3.05) is 18.2 Å². The Bertz CT molecular complexity index is 1310. The number of hydrogen-bond donors (Lipinski definition) is 1. The first-order valence-electron chi connectivity index (χ1n) is 9.72. The Kier molecular flexibility index (Phi) is 7.19. The molecule has 0 atom stereocenters. The lowest BCUT2D eigenvalue weighted by Gasteiger charge is -2.12. The van der Waals surface area contributed by atoms with Gasteiger partial charge >= 0.3 is 5.97 Å². The number of nitro groups is 1. The predicted octanol–water partition coefficient (Wildman–Crippen LogP) is 3.38. The minimum Gasteiger partial charge on any atom is -0.452 e. The molecular formula is C23H20N2O7S. The lowest BCUT2D eigenvalue weighted by Crippen LogP contribution is -2.21. The van der Waals surface area contributed by atoms with Gasteiger partial charge in [0.15, 0.2) is 16.4 Å². The van der Waals surface area contributed by atoms with E-state index in [1.54, 1.807) is 12.1 Å². The summed E-state index contributed by atoms with van der Waals surface area (Å²) in [4.78, 5) is 34.4. The smallest absolute Gasteiger partial charge is 0.338 e. The summed E-state index contributed by atoms with van der Waals surface area (Å²) in [6, 6.07) is 19.8. The van der Waals surface area contributed by atoms with Gasteiger partial charge in [-0.1, -0.05) is 48.5 Å². The van der Waals surface area contributed by atoms with Gasteiger partial charge in [-0.05, 0) is 35.7 Å². The van der Waals surface area contributed by atoms with Crippen LogP contribution in [0.15, 0.2) is 77.7 Å². The number of carbonyl (C=O) groups excluding carboxylic acids is 2. The Hall–Kier alpha value is -4.05. The number of nitro benzene ring substituents is 1. The molecule has 0 heterocycles. The van der Waals surface area contributed by atoms with E-state index < -0.39 is 43.8 Å². The quantitative estimate of drug-likeness (QED) is 0.304. The van der Waals surface area contributed by atoms with Crippen LogP contribution in [0.3, 0.4) is 0 Å². The van der Waals surface area contributed by atoms with Crippen molar-refractivity contribution < 1.29 is 27.7 Å². The summed E-state index contributed by atoms with van der Waals surface area (Å²) in [5.74, 6) is -1.59. The second-order valence-electron chi connectivity index (χ2n) is 7.16. The number of sulfone groups is 1. The normalized spacial score (nSPS) is 10.9. The monoisotopic (exact) mass is 468 g/mol. The van der Waals surface area contributed by atoms with E-state index in [-0.39, 0.29) is 5.56 Å². The number of carbonyl (C=O) groups is 2. The van der Waals surface area contributed by atoms with E-state index in [0.29, 0.717) is 12.1 Å². The molecule has 3 aromatic carbocycles. The fourth-order valence-corrected chi connectivity index (χ4v) is 3.94. The molecule has 0 fully saturated rings. The number of amides is 1. The molecule has 0 aliphatic heterocycles. The molecule has 10 heteroatoms. The fraction of sp³-hybridized carbons (Fsp3) is 0.130. The highest BCUT2D eigenvalue weighted by Gasteiger charge is 2.24. The van der Waals surface area contributed by atoms with Gasteiger partial charge in [0.25, 0.3) is 11.6 Å². The predicted molar refractivity (Wildman–Crippen MR) is 121 cm³/mol. The number of para-hydroxylation sites is 1. The summed E-state index contributed by atoms with van der Waals surface area (Å²) >= 11 is 0. The highest BCUT2D eigenvalue weighted by Crippen LogP contribution is 2.25. The van der Waals surface area contributed by atoms with E-state index in [2.05, 4.69) is 5.32 Å². The van der Waals surface area contributed by atoms with Crippen molar-refractivity contribution in [2.24, 2.45) is 0 Å². The first-order valence-corrected chi connectivity index (χ1v) is 11.6. The van der Waals surface area contributed by atoms with E-state index in [0.717, 1.165) is 35.6 Å². The zero-order chi connectivity index (χ0) is 24.0. The third-order valence-electron chi connectivity index (χ3n) is 4.65. The molecule has 0 aliphatic carbocycles. The van der Waals surface area contributed by atoms with Gasteiger partial charge in [0.1, 0.15) is 4.90 Å². The maximum absolute atomic E-state index is 12.3. The van der Waals surface area contributed by atoms with Gasteiger partial charge in [0.05, 0.1) is 10.5 Å². The first-order chi connectivity index (χ1) is 15.6. The van der Waals surface area contributed by atoms with Gasteiger partial charge in [-0.3, -0.25) is 14.9 Å². The van der Waals surface area contributed by atoms with Crippen molar-refractivity contribution in [3.05, 3.63) is 99.6 Å². The Morgan fingerprint density at radius 3 is 2.33 bits per heavy atom. The Balaban J connectivity index is 1.67. The number of esters is 1. The third kappa shape index (κ3) is 6.23. The second-order valence-corrected chi connectivity index (χ2v) is 9.14. The van der Waals surface area contributed by atoms with Crippen LogP contribution >= 0.6 is 0 Å². The molecule has 1 amide bonds. The van der Waals surface area contributed by atoms with Crippen molar-refractivity contribution in [1.82, 2.24) is 0 Å². The number of rotatable bonds is 8. The number of hydrogen-bond acceptors (Lipinski definition) is 7. The Labute approximate surface area is 190 Å². The summed E-state index contributed by atoms with van der Waals surface area (Å²) in [7, 11) is -3.87. The SMILES string of the molecule is CS(=O)(=O)c1ccc(C(=O)OCC(=O)Nc2ccccc2Cc2ccccc2)cc1[N+](=O)[O-]. The molecular weight excluding hydrogens is 448 g/mol. The molecule has 0 saturated heterocycles. The molecule has 170 valence electrons. The molecule has 0 spiro atoms. The van der Waals surface area contributed by atoms with Crippen LogP contribution in [0.2, 0.25) is 0 Å². The summed E-state index contributed by atoms with van der Waals surface area (Å²) in [6.45, 7) is -0.625. The van der Waals surface area contributed by atoms with Gasteiger partial charge in [0.2, 0.25) is 0 Å². The lowest BCUT2D eigenvalue weighted by atomic mass is 10.0. The van der Waals surface area contributed by atoms with Crippen LogP contribution in [0, 0.1) is 10.1 Å². The Morgan fingerprint density at radius 2 is 1.67 bits per heavy atom. The van der Waals surface area contributed by atoms with E-state index in [1.165, 1.54) is 0 Å². The minimum atomic E-state index is -3.87. The number of benzene rings is 3. The van der Waals surface area contributed by atoms with E-state index >= 15 is 0 Å². The van der Waals surface area contributed by atoms with Crippen LogP contribution in [0.4, 0.5) is 11.4 Å². The van der Waals surface area contributed by atoms with Gasteiger partial charge < -0.3 is 10.1 Å². The lowest BCUT2D eigenvalue weighted by molar-refractivity contribution is -0.387. The zero-order valence-corrected chi connectivity index (χ0v) is 18.4. The van der Waals surface area contributed by atoms with Crippen molar-refractivity contribution in [1.29, 1.82) is 0 Å². The van der Waals surface area contributed by atoms with E-state index in [1.807, 2.05) is 42.5 Å². The number of anilines is 1. The number of nitrogens with zero attached hydrogens (tertiary/aromatic N) is 1. The molecule has 0 unspecified atom stereocenters. The van der Waals surface area contributed by atoms with Crippen molar-refractivity contribution in [3.8, 4) is 0 Å². The van der Waals surface area contributed by atoms with Crippen LogP contribution in [-0.4, -0.2) is 38.1 Å². The van der Waals surface area contributed by atoms with E-state index in [9.17, 15) is 28.1 Å². The third-order valence-corrected chi connectivity index (χ3v) is 5.80. The standard InChI is InChI=1S/C23H20N2O7S/c1-33(30,31)21-12-11-18(14-20(21)25(28)29)23(27)32-15-22(26)24-19-10-6-5-9-17(19)13-16-7-3-2-4-8-16/h2-12,14H,13,15H2,1H3,(H,24,26). The van der Waals surface area contributed by atoms with Crippen molar-refractivity contribution in [3.63, 3.8) is 0 Å². The summed E-state index contributed by atoms with van der Waals surface area (Å²) in [6.07, 6.45) is 1.42. The molecule has 1 N–H and O–H groups in total. The van der Waals surface area contributed by atoms with Crippen LogP contribution in [0.1, 0.15) is 21.5 Å². The fourth-order valence-electron chi connectivity index (χ4n) is 3.11. The molecule has 3 rings (SSSR count). The molecule has 0 bridgehead atoms. The van der Waals surface area contributed by atoms with Crippen molar-refractivity contribution >= 4 is 33.1 Å². The number of ether oxygens (including phenoxy) is 1. The molecule has 33 heavy (non-hydrogen) atoms. The highest BCUT2D eigenvalue weighted by atomic mass is 32.2. The van der Waals surface area contributed by atoms with E-state index in [4.69, 9.17) is 4.74 Å². The van der Waals surface area contributed by atoms with Gasteiger partial charge in [-0.2, -0.15) is 0 Å². The average Bonchev–Trinajstić information content (AvgIpc) is 2.78. The van der Waals surface area contributed by atoms with Crippen LogP contribution in [-0.2, 0) is 25.8 Å². The van der Waals surface area contributed by atoms with Crippen molar-refractivity contribution in [2.45, 2.75) is 11.3 Å². The summed E-state index contributed by atoms with van der Waals surface area (Å²) < 4.78 is 28.4. The van der Waals surface area contributed by atoms with Crippen LogP contribution in [0.5, 0.6) is 0 Å². The largest absolute Gasteiger partial charge is 0.452 e. The van der Waals surface area contributed by atoms with Gasteiger partial charge in [-0.25, -0.2) is 13.2 Å². The molecule has 9 nitrogen and oxygen atoms in total. The average molecular weight is 468 g/mol. The van der Waals surface area contributed by atoms with Gasteiger partial charge in [-0.15, -0.1) is 0 Å². The molecule has 3 aromatic rings. The minimum absolute atomic E-state index is 0.244. The number of nitrogens with one attached hydrogen (secondary N) is 1. The molecule has 0 aromatic heterocycles. The molecule has 0 saturated carbocycles. The highest BCUT2D eigenvalue weighted by molar-refractivity contribution is 7.90. The summed E-state index contributed by atoms with van der Waals surface area (Å²) in [5, 5.41) is 13.9. The van der Waals surface area contributed by atoms with Gasteiger partial charge in [0, 0.05) is 18.0 Å². The molecule has 0 aliphatic rings. The maximum Gasteiger partial charge on any atom is 0.338 e. The van der Waals surface area contributed by atoms with Crippen LogP contribution < -0.4 is 5.32 Å². The topological polar surface area (TPSA) is 133 Å². The van der Waals surface area contributed by atoms with Crippen LogP contribution in [0.25, 0.3) is 0 Å². The maximum atomic E-state index is 12.3. The second kappa shape index (κ2) is 10.0. The summed E-state index contributed by atoms with van der Waals surface area (Å²) in [5.41, 5.74) is 1.51. The zero-order valence-electron chi connectivity index (χ0n) is 17.6.